The Kier molecular flexibility index (Phi) is 11.1. The standard InChI is InChI=1S/C23H35N5O2.HI/c1-6-27(22(29)30-23(2,3)4)17-20-11-13-28(14-12-20)21(25-5)26-16-19-9-7-18(15-24)8-10-19;/h7-10,20H,6,11-14,16-17H2,1-5H3,(H,25,26);1H. The molecule has 0 aliphatic carbocycles. The van der Waals surface area contributed by atoms with E-state index in [1.54, 1.807) is 7.05 Å². The van der Waals surface area contributed by atoms with Crippen LogP contribution < -0.4 is 5.32 Å². The van der Waals surface area contributed by atoms with Crippen LogP contribution in [0.1, 0.15) is 51.7 Å². The molecule has 0 saturated carbocycles. The zero-order chi connectivity index (χ0) is 22.1. The molecule has 8 heteroatoms. The SMILES string of the molecule is CCN(CC1CCN(C(=NC)NCc2ccc(C#N)cc2)CC1)C(=O)OC(C)(C)C.I. The number of hydrogen-bond acceptors (Lipinski definition) is 4. The van der Waals surface area contributed by atoms with E-state index >= 15 is 0 Å². The number of nitrogens with one attached hydrogen (secondary N) is 1. The van der Waals surface area contributed by atoms with E-state index in [2.05, 4.69) is 21.3 Å². The Morgan fingerprint density at radius 1 is 1.29 bits per heavy atom. The first-order chi connectivity index (χ1) is 14.3. The van der Waals surface area contributed by atoms with Crippen molar-refractivity contribution in [3.8, 4) is 6.07 Å². The lowest BCUT2D eigenvalue weighted by Gasteiger charge is -2.36. The van der Waals surface area contributed by atoms with E-state index in [1.165, 1.54) is 0 Å². The quantitative estimate of drug-likeness (QED) is 0.343. The van der Waals surface area contributed by atoms with Crippen LogP contribution in [0.5, 0.6) is 0 Å². The highest BCUT2D eigenvalue weighted by molar-refractivity contribution is 14.0. The summed E-state index contributed by atoms with van der Waals surface area (Å²) >= 11 is 0. The fourth-order valence-corrected chi connectivity index (χ4v) is 3.51. The van der Waals surface area contributed by atoms with Crippen molar-refractivity contribution >= 4 is 36.0 Å². The molecule has 7 nitrogen and oxygen atoms in total. The molecule has 31 heavy (non-hydrogen) atoms. The van der Waals surface area contributed by atoms with Gasteiger partial charge in [-0.25, -0.2) is 4.79 Å². The maximum Gasteiger partial charge on any atom is 0.410 e. The number of carbonyl (C=O) groups excluding carboxylic acids is 1. The summed E-state index contributed by atoms with van der Waals surface area (Å²) in [6.45, 7) is 11.6. The highest BCUT2D eigenvalue weighted by Gasteiger charge is 2.27. The van der Waals surface area contributed by atoms with Crippen LogP contribution in [0.2, 0.25) is 0 Å². The summed E-state index contributed by atoms with van der Waals surface area (Å²) in [4.78, 5) is 20.9. The summed E-state index contributed by atoms with van der Waals surface area (Å²) in [5, 5.41) is 12.3. The monoisotopic (exact) mass is 541 g/mol. The minimum absolute atomic E-state index is 0. The van der Waals surface area contributed by atoms with Crippen molar-refractivity contribution in [2.45, 2.75) is 52.7 Å². The van der Waals surface area contributed by atoms with Crippen LogP contribution in [0.3, 0.4) is 0 Å². The van der Waals surface area contributed by atoms with E-state index in [0.717, 1.165) is 44.0 Å². The van der Waals surface area contributed by atoms with Gasteiger partial charge in [0.05, 0.1) is 11.6 Å². The molecular weight excluding hydrogens is 505 g/mol. The molecule has 1 aliphatic heterocycles. The number of aliphatic imine (C=N–C) groups is 1. The molecule has 1 aromatic carbocycles. The Balaban J connectivity index is 0.00000480. The molecule has 1 N–H and O–H groups in total. The number of piperidine rings is 1. The number of ether oxygens (including phenoxy) is 1. The van der Waals surface area contributed by atoms with Crippen LogP contribution in [-0.4, -0.2) is 60.7 Å². The van der Waals surface area contributed by atoms with Gasteiger partial charge in [0.15, 0.2) is 5.96 Å². The molecule has 1 heterocycles. The van der Waals surface area contributed by atoms with Gasteiger partial charge in [0, 0.05) is 39.8 Å². The first-order valence-corrected chi connectivity index (χ1v) is 10.7. The molecule has 1 fully saturated rings. The molecule has 0 bridgehead atoms. The van der Waals surface area contributed by atoms with Crippen molar-refractivity contribution in [1.82, 2.24) is 15.1 Å². The van der Waals surface area contributed by atoms with Crippen LogP contribution in [0.15, 0.2) is 29.3 Å². The Bertz CT molecular complexity index is 760. The number of hydrogen-bond donors (Lipinski definition) is 1. The van der Waals surface area contributed by atoms with Crippen molar-refractivity contribution in [3.05, 3.63) is 35.4 Å². The zero-order valence-electron chi connectivity index (χ0n) is 19.4. The lowest BCUT2D eigenvalue weighted by Crippen LogP contribution is -2.47. The minimum atomic E-state index is -0.471. The summed E-state index contributed by atoms with van der Waals surface area (Å²) in [7, 11) is 1.80. The summed E-state index contributed by atoms with van der Waals surface area (Å²) in [5.41, 5.74) is 1.31. The highest BCUT2D eigenvalue weighted by atomic mass is 127. The van der Waals surface area contributed by atoms with Crippen molar-refractivity contribution in [2.24, 2.45) is 10.9 Å². The molecule has 1 amide bonds. The summed E-state index contributed by atoms with van der Waals surface area (Å²) in [5.74, 6) is 1.35. The van der Waals surface area contributed by atoms with Crippen LogP contribution in [-0.2, 0) is 11.3 Å². The number of nitriles is 1. The van der Waals surface area contributed by atoms with E-state index in [4.69, 9.17) is 10.00 Å². The third kappa shape index (κ3) is 8.93. The van der Waals surface area contributed by atoms with E-state index in [9.17, 15) is 4.79 Å². The number of benzene rings is 1. The second-order valence-corrected chi connectivity index (χ2v) is 8.66. The molecule has 0 radical (unpaired) electrons. The fraction of sp³-hybridized carbons (Fsp3) is 0.609. The number of guanidine groups is 1. The average Bonchev–Trinajstić information content (AvgIpc) is 2.72. The number of nitrogens with zero attached hydrogens (tertiary/aromatic N) is 4. The highest BCUT2D eigenvalue weighted by Crippen LogP contribution is 2.20. The lowest BCUT2D eigenvalue weighted by atomic mass is 9.96. The summed E-state index contributed by atoms with van der Waals surface area (Å²) < 4.78 is 5.53. The third-order valence-electron chi connectivity index (χ3n) is 5.17. The first kappa shape index (κ1) is 27.0. The van der Waals surface area contributed by atoms with Crippen LogP contribution in [0, 0.1) is 17.2 Å². The van der Waals surface area contributed by atoms with Gasteiger partial charge >= 0.3 is 6.09 Å². The number of likely N-dealkylation sites (tertiary alicyclic amines) is 1. The van der Waals surface area contributed by atoms with Crippen molar-refractivity contribution in [1.29, 1.82) is 5.26 Å². The van der Waals surface area contributed by atoms with Crippen LogP contribution >= 0.6 is 24.0 Å². The first-order valence-electron chi connectivity index (χ1n) is 10.7. The summed E-state index contributed by atoms with van der Waals surface area (Å²) in [6, 6.07) is 9.71. The van der Waals surface area contributed by atoms with Gasteiger partial charge in [-0.1, -0.05) is 12.1 Å². The summed E-state index contributed by atoms with van der Waals surface area (Å²) in [6.07, 6.45) is 1.79. The fourth-order valence-electron chi connectivity index (χ4n) is 3.51. The van der Waals surface area contributed by atoms with E-state index in [1.807, 2.05) is 56.9 Å². The second-order valence-electron chi connectivity index (χ2n) is 8.66. The van der Waals surface area contributed by atoms with Gasteiger partial charge in [-0.15, -0.1) is 24.0 Å². The predicted octanol–water partition coefficient (Wildman–Crippen LogP) is 4.22. The largest absolute Gasteiger partial charge is 0.444 e. The van der Waals surface area contributed by atoms with Gasteiger partial charge in [-0.05, 0) is 64.2 Å². The topological polar surface area (TPSA) is 81.0 Å². The predicted molar refractivity (Wildman–Crippen MR) is 135 cm³/mol. The number of amides is 1. The molecule has 0 spiro atoms. The van der Waals surface area contributed by atoms with Crippen molar-refractivity contribution in [2.75, 3.05) is 33.2 Å². The second kappa shape index (κ2) is 12.7. The minimum Gasteiger partial charge on any atom is -0.444 e. The lowest BCUT2D eigenvalue weighted by molar-refractivity contribution is 0.0214. The molecule has 1 aromatic rings. The molecule has 0 aromatic heterocycles. The van der Waals surface area contributed by atoms with E-state index in [0.29, 0.717) is 24.6 Å². The van der Waals surface area contributed by atoms with Gasteiger partial charge in [0.2, 0.25) is 0 Å². The van der Waals surface area contributed by atoms with Crippen LogP contribution in [0.4, 0.5) is 4.79 Å². The maximum atomic E-state index is 12.4. The molecule has 2 rings (SSSR count). The number of carbonyl (C=O) groups is 1. The van der Waals surface area contributed by atoms with Gasteiger partial charge in [-0.2, -0.15) is 5.26 Å². The Labute approximate surface area is 203 Å². The Morgan fingerprint density at radius 3 is 2.39 bits per heavy atom. The van der Waals surface area contributed by atoms with Crippen molar-refractivity contribution in [3.63, 3.8) is 0 Å². The zero-order valence-corrected chi connectivity index (χ0v) is 21.7. The average molecular weight is 541 g/mol. The third-order valence-corrected chi connectivity index (χ3v) is 5.17. The molecule has 0 atom stereocenters. The maximum absolute atomic E-state index is 12.4. The van der Waals surface area contributed by atoms with E-state index in [-0.39, 0.29) is 30.1 Å². The normalized spacial score (nSPS) is 15.0. The smallest absolute Gasteiger partial charge is 0.410 e. The van der Waals surface area contributed by atoms with Gasteiger partial charge < -0.3 is 19.9 Å². The molecule has 1 saturated heterocycles. The van der Waals surface area contributed by atoms with E-state index < -0.39 is 5.60 Å². The van der Waals surface area contributed by atoms with Gasteiger partial charge in [0.1, 0.15) is 5.60 Å². The molecular formula is C23H36IN5O2. The number of halogens is 1. The molecule has 0 unspecified atom stereocenters. The van der Waals surface area contributed by atoms with Crippen molar-refractivity contribution < 1.29 is 9.53 Å². The molecule has 172 valence electrons. The van der Waals surface area contributed by atoms with Gasteiger partial charge in [0.25, 0.3) is 0 Å². The Hall–Kier alpha value is -2.02. The van der Waals surface area contributed by atoms with Crippen LogP contribution in [0.25, 0.3) is 0 Å². The van der Waals surface area contributed by atoms with Gasteiger partial charge in [-0.3, -0.25) is 4.99 Å². The molecule has 1 aliphatic rings. The Morgan fingerprint density at radius 2 is 1.90 bits per heavy atom. The number of rotatable bonds is 5.